The van der Waals surface area contributed by atoms with Crippen molar-refractivity contribution in [1.29, 1.82) is 0 Å². The van der Waals surface area contributed by atoms with Gasteiger partial charge in [-0.1, -0.05) is 13.3 Å². The van der Waals surface area contributed by atoms with Gasteiger partial charge in [0.25, 0.3) is 0 Å². The van der Waals surface area contributed by atoms with Gasteiger partial charge in [-0.3, -0.25) is 4.79 Å². The molecule has 0 aromatic carbocycles. The van der Waals surface area contributed by atoms with Crippen molar-refractivity contribution in [2.75, 3.05) is 0 Å². The SMILES string of the molecule is CCCCC(=O)CCc1ncc[nH]1. The zero-order valence-corrected chi connectivity index (χ0v) is 8.05. The van der Waals surface area contributed by atoms with Crippen molar-refractivity contribution in [3.63, 3.8) is 0 Å². The molecule has 3 heteroatoms. The van der Waals surface area contributed by atoms with Crippen LogP contribution in [0.25, 0.3) is 0 Å². The lowest BCUT2D eigenvalue weighted by molar-refractivity contribution is -0.119. The van der Waals surface area contributed by atoms with Crippen LogP contribution in [0.1, 0.15) is 38.4 Å². The summed E-state index contributed by atoms with van der Waals surface area (Å²) < 4.78 is 0. The van der Waals surface area contributed by atoms with Crippen LogP contribution in [0.15, 0.2) is 12.4 Å². The average molecular weight is 180 g/mol. The van der Waals surface area contributed by atoms with Crippen LogP contribution in [0.2, 0.25) is 0 Å². The number of H-pyrrole nitrogens is 1. The van der Waals surface area contributed by atoms with E-state index < -0.39 is 0 Å². The molecule has 1 N–H and O–H groups in total. The number of imidazole rings is 1. The van der Waals surface area contributed by atoms with Crippen molar-refractivity contribution in [3.05, 3.63) is 18.2 Å². The standard InChI is InChI=1S/C10H16N2O/c1-2-3-4-9(13)5-6-10-11-7-8-12-10/h7-8H,2-6H2,1H3,(H,11,12). The highest BCUT2D eigenvalue weighted by atomic mass is 16.1. The Morgan fingerprint density at radius 3 is 3.00 bits per heavy atom. The predicted molar refractivity (Wildman–Crippen MR) is 51.4 cm³/mol. The van der Waals surface area contributed by atoms with Crippen LogP contribution in [0.5, 0.6) is 0 Å². The van der Waals surface area contributed by atoms with Gasteiger partial charge < -0.3 is 4.98 Å². The van der Waals surface area contributed by atoms with Crippen LogP contribution in [0.3, 0.4) is 0 Å². The number of nitrogens with zero attached hydrogens (tertiary/aromatic N) is 1. The second kappa shape index (κ2) is 5.51. The summed E-state index contributed by atoms with van der Waals surface area (Å²) in [4.78, 5) is 18.3. The maximum Gasteiger partial charge on any atom is 0.133 e. The van der Waals surface area contributed by atoms with Crippen molar-refractivity contribution in [2.24, 2.45) is 0 Å². The number of hydrogen-bond donors (Lipinski definition) is 1. The van der Waals surface area contributed by atoms with Crippen LogP contribution < -0.4 is 0 Å². The summed E-state index contributed by atoms with van der Waals surface area (Å²) in [5, 5.41) is 0. The van der Waals surface area contributed by atoms with Crippen LogP contribution in [0, 0.1) is 0 Å². The molecule has 0 radical (unpaired) electrons. The zero-order chi connectivity index (χ0) is 9.52. The summed E-state index contributed by atoms with van der Waals surface area (Å²) in [5.74, 6) is 1.25. The lowest BCUT2D eigenvalue weighted by Gasteiger charge is -1.97. The molecule has 1 heterocycles. The van der Waals surface area contributed by atoms with E-state index in [0.717, 1.165) is 31.5 Å². The third kappa shape index (κ3) is 3.87. The molecular formula is C10H16N2O. The zero-order valence-electron chi connectivity index (χ0n) is 8.05. The molecule has 0 amide bonds. The summed E-state index contributed by atoms with van der Waals surface area (Å²) in [7, 11) is 0. The largest absolute Gasteiger partial charge is 0.349 e. The third-order valence-electron chi connectivity index (χ3n) is 2.00. The second-order valence-electron chi connectivity index (χ2n) is 3.18. The molecule has 0 bridgehead atoms. The summed E-state index contributed by atoms with van der Waals surface area (Å²) >= 11 is 0. The number of carbonyl (C=O) groups excluding carboxylic acids is 1. The van der Waals surface area contributed by atoms with Gasteiger partial charge in [0.15, 0.2) is 0 Å². The third-order valence-corrected chi connectivity index (χ3v) is 2.00. The minimum Gasteiger partial charge on any atom is -0.349 e. The van der Waals surface area contributed by atoms with E-state index in [2.05, 4.69) is 16.9 Å². The van der Waals surface area contributed by atoms with Crippen molar-refractivity contribution in [3.8, 4) is 0 Å². The molecule has 0 aliphatic rings. The molecule has 0 aliphatic carbocycles. The number of rotatable bonds is 6. The quantitative estimate of drug-likeness (QED) is 0.728. The minimum absolute atomic E-state index is 0.346. The fourth-order valence-electron chi connectivity index (χ4n) is 1.19. The van der Waals surface area contributed by atoms with Gasteiger partial charge >= 0.3 is 0 Å². The molecule has 72 valence electrons. The number of aromatic amines is 1. The number of hydrogen-bond acceptors (Lipinski definition) is 2. The summed E-state index contributed by atoms with van der Waals surface area (Å²) in [6, 6.07) is 0. The van der Waals surface area contributed by atoms with E-state index in [4.69, 9.17) is 0 Å². The van der Waals surface area contributed by atoms with E-state index in [1.807, 2.05) is 0 Å². The van der Waals surface area contributed by atoms with Gasteiger partial charge in [-0.05, 0) is 6.42 Å². The first kappa shape index (κ1) is 9.96. The van der Waals surface area contributed by atoms with Gasteiger partial charge in [-0.25, -0.2) is 4.98 Å². The van der Waals surface area contributed by atoms with Crippen LogP contribution in [0.4, 0.5) is 0 Å². The Morgan fingerprint density at radius 1 is 1.54 bits per heavy atom. The first-order chi connectivity index (χ1) is 6.33. The number of nitrogens with one attached hydrogen (secondary N) is 1. The molecule has 1 aromatic rings. The van der Waals surface area contributed by atoms with Gasteiger partial charge in [0.1, 0.15) is 11.6 Å². The molecule has 0 atom stereocenters. The van der Waals surface area contributed by atoms with E-state index in [1.165, 1.54) is 0 Å². The molecule has 1 rings (SSSR count). The van der Waals surface area contributed by atoms with Gasteiger partial charge in [-0.2, -0.15) is 0 Å². The maximum atomic E-state index is 11.3. The van der Waals surface area contributed by atoms with Crippen molar-refractivity contribution < 1.29 is 4.79 Å². The fourth-order valence-corrected chi connectivity index (χ4v) is 1.19. The Kier molecular flexibility index (Phi) is 4.23. The van der Waals surface area contributed by atoms with Crippen LogP contribution >= 0.6 is 0 Å². The Bertz CT molecular complexity index is 241. The number of aryl methyl sites for hydroxylation is 1. The lowest BCUT2D eigenvalue weighted by Crippen LogP contribution is -2.00. The summed E-state index contributed by atoms with van der Waals surface area (Å²) in [6.07, 6.45) is 7.68. The molecule has 0 saturated carbocycles. The molecule has 0 unspecified atom stereocenters. The first-order valence-corrected chi connectivity index (χ1v) is 4.83. The summed E-state index contributed by atoms with van der Waals surface area (Å²) in [6.45, 7) is 2.10. The normalized spacial score (nSPS) is 10.2. The molecule has 13 heavy (non-hydrogen) atoms. The van der Waals surface area contributed by atoms with Gasteiger partial charge in [-0.15, -0.1) is 0 Å². The number of carbonyl (C=O) groups is 1. The molecule has 0 spiro atoms. The van der Waals surface area contributed by atoms with Crippen LogP contribution in [-0.4, -0.2) is 15.8 Å². The van der Waals surface area contributed by atoms with E-state index in [-0.39, 0.29) is 0 Å². The van der Waals surface area contributed by atoms with E-state index in [0.29, 0.717) is 12.2 Å². The highest BCUT2D eigenvalue weighted by molar-refractivity contribution is 5.78. The number of aromatic nitrogens is 2. The monoisotopic (exact) mass is 180 g/mol. The van der Waals surface area contributed by atoms with Crippen molar-refractivity contribution in [2.45, 2.75) is 39.0 Å². The van der Waals surface area contributed by atoms with Crippen LogP contribution in [-0.2, 0) is 11.2 Å². The van der Waals surface area contributed by atoms with Gasteiger partial charge in [0.2, 0.25) is 0 Å². The predicted octanol–water partition coefficient (Wildman–Crippen LogP) is 2.10. The Labute approximate surface area is 78.6 Å². The van der Waals surface area contributed by atoms with E-state index in [9.17, 15) is 4.79 Å². The first-order valence-electron chi connectivity index (χ1n) is 4.83. The van der Waals surface area contributed by atoms with E-state index in [1.54, 1.807) is 12.4 Å². The number of Topliss-reactive ketones (excluding diaryl/α,β-unsaturated/α-hetero) is 1. The molecular weight excluding hydrogens is 164 g/mol. The molecule has 0 aliphatic heterocycles. The smallest absolute Gasteiger partial charge is 0.133 e. The maximum absolute atomic E-state index is 11.3. The highest BCUT2D eigenvalue weighted by Gasteiger charge is 2.02. The van der Waals surface area contributed by atoms with Crippen molar-refractivity contribution in [1.82, 2.24) is 9.97 Å². The Morgan fingerprint density at radius 2 is 2.38 bits per heavy atom. The minimum atomic E-state index is 0.346. The van der Waals surface area contributed by atoms with Gasteiger partial charge in [0, 0.05) is 31.7 Å². The fraction of sp³-hybridized carbons (Fsp3) is 0.600. The Hall–Kier alpha value is -1.12. The highest BCUT2D eigenvalue weighted by Crippen LogP contribution is 2.02. The summed E-state index contributed by atoms with van der Waals surface area (Å²) in [5.41, 5.74) is 0. The van der Waals surface area contributed by atoms with Gasteiger partial charge in [0.05, 0.1) is 0 Å². The molecule has 3 nitrogen and oxygen atoms in total. The van der Waals surface area contributed by atoms with Crippen molar-refractivity contribution >= 4 is 5.78 Å². The molecule has 1 aromatic heterocycles. The Balaban J connectivity index is 2.15. The molecule has 0 saturated heterocycles. The topological polar surface area (TPSA) is 45.8 Å². The lowest BCUT2D eigenvalue weighted by atomic mass is 10.1. The van der Waals surface area contributed by atoms with E-state index >= 15 is 0 Å². The molecule has 0 fully saturated rings. The number of ketones is 1. The number of unbranched alkanes of at least 4 members (excludes halogenated alkanes) is 1. The average Bonchev–Trinajstić information content (AvgIpc) is 2.64. The second-order valence-corrected chi connectivity index (χ2v) is 3.18.